The number of carbonyl (C=O) groups is 1. The third-order valence-electron chi connectivity index (χ3n) is 6.50. The minimum Gasteiger partial charge on any atom is -0.444 e. The van der Waals surface area contributed by atoms with Crippen LogP contribution in [0.5, 0.6) is 0 Å². The molecular formula is C24H34ClFN4O2. The van der Waals surface area contributed by atoms with Crippen molar-refractivity contribution in [2.24, 2.45) is 17.8 Å². The number of amides is 1. The largest absolute Gasteiger partial charge is 0.444 e. The Morgan fingerprint density at radius 2 is 1.88 bits per heavy atom. The van der Waals surface area contributed by atoms with Gasteiger partial charge in [0.25, 0.3) is 0 Å². The lowest BCUT2D eigenvalue weighted by Gasteiger charge is -2.25. The zero-order valence-electron chi connectivity index (χ0n) is 18.8. The SMILES string of the molecule is C.CC(C)Cc1nc(Cl)c(F)c2c1c(C1[C@H]3CN(C(=O)OC(C)(C)C)C[C@@H]13)nn2C1CC1. The van der Waals surface area contributed by atoms with Crippen LogP contribution in [0.25, 0.3) is 10.9 Å². The van der Waals surface area contributed by atoms with E-state index in [0.29, 0.717) is 36.4 Å². The average molecular weight is 465 g/mol. The first-order valence-electron chi connectivity index (χ1n) is 11.3. The van der Waals surface area contributed by atoms with Gasteiger partial charge >= 0.3 is 6.09 Å². The standard InChI is InChI=1S/C23H30ClFN4O2.CH4/c1-11(2)8-15-17-19(27-29(12-6-7-12)20(17)18(25)21(24)26-15)16-13-9-28(10-14(13)16)22(30)31-23(3,4)5;/h11-14,16H,6-10H2,1-5H3;1H4/t13-,14+,16?;. The molecule has 176 valence electrons. The Morgan fingerprint density at radius 1 is 1.25 bits per heavy atom. The van der Waals surface area contributed by atoms with E-state index in [1.807, 2.05) is 25.5 Å². The van der Waals surface area contributed by atoms with E-state index in [1.165, 1.54) is 0 Å². The van der Waals surface area contributed by atoms with Crippen LogP contribution < -0.4 is 0 Å². The van der Waals surface area contributed by atoms with Crippen LogP contribution in [0.4, 0.5) is 9.18 Å². The third kappa shape index (κ3) is 3.97. The Morgan fingerprint density at radius 3 is 2.41 bits per heavy atom. The zero-order valence-corrected chi connectivity index (χ0v) is 19.5. The van der Waals surface area contributed by atoms with Gasteiger partial charge in [0.1, 0.15) is 11.1 Å². The Bertz CT molecular complexity index is 1040. The van der Waals surface area contributed by atoms with E-state index < -0.39 is 11.4 Å². The zero-order chi connectivity index (χ0) is 22.2. The smallest absolute Gasteiger partial charge is 0.410 e. The molecular weight excluding hydrogens is 431 g/mol. The molecule has 2 aromatic heterocycles. The summed E-state index contributed by atoms with van der Waals surface area (Å²) in [6.45, 7) is 11.2. The summed E-state index contributed by atoms with van der Waals surface area (Å²) >= 11 is 6.19. The maximum absolute atomic E-state index is 15.2. The maximum atomic E-state index is 15.2. The molecule has 1 unspecified atom stereocenters. The lowest BCUT2D eigenvalue weighted by Crippen LogP contribution is -2.36. The van der Waals surface area contributed by atoms with Gasteiger partial charge in [-0.3, -0.25) is 4.68 Å². The fraction of sp³-hybridized carbons (Fsp3) is 0.708. The highest BCUT2D eigenvalue weighted by Crippen LogP contribution is 2.60. The van der Waals surface area contributed by atoms with Gasteiger partial charge in [0, 0.05) is 24.4 Å². The van der Waals surface area contributed by atoms with Crippen molar-refractivity contribution in [3.8, 4) is 0 Å². The third-order valence-corrected chi connectivity index (χ3v) is 6.75. The van der Waals surface area contributed by atoms with E-state index in [9.17, 15) is 4.79 Å². The van der Waals surface area contributed by atoms with E-state index >= 15 is 4.39 Å². The molecule has 1 aliphatic heterocycles. The maximum Gasteiger partial charge on any atom is 0.410 e. The van der Waals surface area contributed by atoms with Crippen molar-refractivity contribution in [1.82, 2.24) is 19.7 Å². The number of hydrogen-bond donors (Lipinski definition) is 0. The topological polar surface area (TPSA) is 60.3 Å². The molecule has 1 amide bonds. The minimum atomic E-state index is -0.503. The lowest BCUT2D eigenvalue weighted by molar-refractivity contribution is 0.0271. The van der Waals surface area contributed by atoms with Gasteiger partial charge in [0.15, 0.2) is 11.0 Å². The number of rotatable bonds is 4. The second kappa shape index (κ2) is 7.86. The van der Waals surface area contributed by atoms with E-state index in [0.717, 1.165) is 36.0 Å². The van der Waals surface area contributed by atoms with Crippen LogP contribution >= 0.6 is 11.6 Å². The number of hydrogen-bond acceptors (Lipinski definition) is 4. The first-order chi connectivity index (χ1) is 14.5. The molecule has 0 spiro atoms. The number of likely N-dealkylation sites (tertiary alicyclic amines) is 1. The van der Waals surface area contributed by atoms with E-state index in [2.05, 4.69) is 18.8 Å². The molecule has 3 atom stereocenters. The predicted molar refractivity (Wildman–Crippen MR) is 124 cm³/mol. The molecule has 3 heterocycles. The molecule has 0 radical (unpaired) electrons. The quantitative estimate of drug-likeness (QED) is 0.522. The number of ether oxygens (including phenoxy) is 1. The molecule has 6 nitrogen and oxygen atoms in total. The summed E-state index contributed by atoms with van der Waals surface area (Å²) in [6.07, 6.45) is 2.50. The number of piperidine rings is 1. The van der Waals surface area contributed by atoms with E-state index in [-0.39, 0.29) is 30.6 Å². The number of halogens is 2. The molecule has 1 saturated heterocycles. The van der Waals surface area contributed by atoms with Crippen LogP contribution in [0.15, 0.2) is 0 Å². The van der Waals surface area contributed by atoms with Crippen LogP contribution in [-0.2, 0) is 11.2 Å². The Labute approximate surface area is 194 Å². The lowest BCUT2D eigenvalue weighted by atomic mass is 10.0. The van der Waals surface area contributed by atoms with Crippen molar-refractivity contribution >= 4 is 28.6 Å². The summed E-state index contributed by atoms with van der Waals surface area (Å²) in [7, 11) is 0. The minimum absolute atomic E-state index is 0. The highest BCUT2D eigenvalue weighted by Gasteiger charge is 2.59. The predicted octanol–water partition coefficient (Wildman–Crippen LogP) is 5.97. The Kier molecular flexibility index (Phi) is 5.71. The van der Waals surface area contributed by atoms with Crippen LogP contribution in [-0.4, -0.2) is 44.4 Å². The molecule has 2 aliphatic carbocycles. The summed E-state index contributed by atoms with van der Waals surface area (Å²) in [5.74, 6) is 0.814. The average Bonchev–Trinajstić information content (AvgIpc) is 3.53. The van der Waals surface area contributed by atoms with Crippen molar-refractivity contribution in [3.63, 3.8) is 0 Å². The number of carbonyl (C=O) groups excluding carboxylic acids is 1. The van der Waals surface area contributed by atoms with Crippen LogP contribution in [0.3, 0.4) is 0 Å². The molecule has 0 aromatic carbocycles. The summed E-state index contributed by atoms with van der Waals surface area (Å²) < 4.78 is 22.5. The van der Waals surface area contributed by atoms with Gasteiger partial charge in [-0.2, -0.15) is 5.10 Å². The fourth-order valence-corrected chi connectivity index (χ4v) is 5.22. The summed E-state index contributed by atoms with van der Waals surface area (Å²) in [6, 6.07) is 0.243. The molecule has 5 rings (SSSR count). The second-order valence-corrected chi connectivity index (χ2v) is 11.1. The molecule has 3 aliphatic rings. The summed E-state index contributed by atoms with van der Waals surface area (Å²) in [5, 5.41) is 5.72. The van der Waals surface area contributed by atoms with Crippen molar-refractivity contribution in [3.05, 3.63) is 22.4 Å². The van der Waals surface area contributed by atoms with Gasteiger partial charge in [-0.15, -0.1) is 0 Å². The van der Waals surface area contributed by atoms with E-state index in [1.54, 1.807) is 4.90 Å². The molecule has 32 heavy (non-hydrogen) atoms. The summed E-state index contributed by atoms with van der Waals surface area (Å²) in [4.78, 5) is 18.7. The molecule has 0 bridgehead atoms. The Hall–Kier alpha value is -1.89. The van der Waals surface area contributed by atoms with Gasteiger partial charge in [-0.05, 0) is 57.8 Å². The highest BCUT2D eigenvalue weighted by molar-refractivity contribution is 6.30. The van der Waals surface area contributed by atoms with Gasteiger partial charge in [-0.1, -0.05) is 32.9 Å². The molecule has 0 N–H and O–H groups in total. The van der Waals surface area contributed by atoms with Crippen molar-refractivity contribution in [1.29, 1.82) is 0 Å². The molecule has 8 heteroatoms. The number of fused-ring (bicyclic) bond motifs is 2. The van der Waals surface area contributed by atoms with Crippen LogP contribution in [0.2, 0.25) is 5.15 Å². The van der Waals surface area contributed by atoms with Crippen LogP contribution in [0.1, 0.15) is 78.2 Å². The monoisotopic (exact) mass is 464 g/mol. The van der Waals surface area contributed by atoms with Gasteiger partial charge in [0.05, 0.1) is 17.4 Å². The molecule has 3 fully saturated rings. The van der Waals surface area contributed by atoms with Gasteiger partial charge in [0.2, 0.25) is 0 Å². The van der Waals surface area contributed by atoms with Crippen molar-refractivity contribution in [2.45, 2.75) is 78.9 Å². The molecule has 2 aromatic rings. The highest BCUT2D eigenvalue weighted by atomic mass is 35.5. The normalized spacial score (nSPS) is 24.6. The fourth-order valence-electron chi connectivity index (χ4n) is 5.03. The Balaban J connectivity index is 0.00000245. The van der Waals surface area contributed by atoms with E-state index in [4.69, 9.17) is 21.4 Å². The number of nitrogens with zero attached hydrogens (tertiary/aromatic N) is 4. The first kappa shape index (κ1) is 23.3. The first-order valence-corrected chi connectivity index (χ1v) is 11.7. The molecule has 2 saturated carbocycles. The second-order valence-electron chi connectivity index (χ2n) is 10.8. The van der Waals surface area contributed by atoms with Crippen LogP contribution in [0, 0.1) is 23.6 Å². The van der Waals surface area contributed by atoms with Gasteiger partial charge < -0.3 is 9.64 Å². The van der Waals surface area contributed by atoms with Crippen molar-refractivity contribution < 1.29 is 13.9 Å². The van der Waals surface area contributed by atoms with Gasteiger partial charge in [-0.25, -0.2) is 14.2 Å². The number of pyridine rings is 1. The van der Waals surface area contributed by atoms with Crippen molar-refractivity contribution in [2.75, 3.05) is 13.1 Å². The number of aromatic nitrogens is 3. The summed E-state index contributed by atoms with van der Waals surface area (Å²) in [5.41, 5.74) is 1.80.